The van der Waals surface area contributed by atoms with Gasteiger partial charge >= 0.3 is 0 Å². The summed E-state index contributed by atoms with van der Waals surface area (Å²) in [5.74, 6) is 0. The van der Waals surface area contributed by atoms with Crippen LogP contribution in [0.15, 0.2) is 134 Å². The van der Waals surface area contributed by atoms with E-state index in [2.05, 4.69) is 107 Å². The van der Waals surface area contributed by atoms with Crippen LogP contribution in [-0.4, -0.2) is 9.97 Å². The second kappa shape index (κ2) is 9.72. The van der Waals surface area contributed by atoms with E-state index >= 15 is 0 Å². The van der Waals surface area contributed by atoms with Crippen molar-refractivity contribution in [2.24, 2.45) is 0 Å². The molecule has 4 aromatic carbocycles. The van der Waals surface area contributed by atoms with E-state index in [-0.39, 0.29) is 0 Å². The number of benzene rings is 4. The first-order valence-electron chi connectivity index (χ1n) is 13.4. The molecule has 0 saturated carbocycles. The maximum atomic E-state index is 9.48. The van der Waals surface area contributed by atoms with Gasteiger partial charge in [0.1, 0.15) is 23.5 Å². The average molecular weight is 523 g/mol. The first-order valence-corrected chi connectivity index (χ1v) is 13.4. The molecule has 0 aliphatic heterocycles. The van der Waals surface area contributed by atoms with Gasteiger partial charge in [0.05, 0.1) is 5.41 Å². The number of nitrogens with zero attached hydrogens (tertiary/aromatic N) is 4. The fourth-order valence-electron chi connectivity index (χ4n) is 6.19. The van der Waals surface area contributed by atoms with E-state index in [1.807, 2.05) is 36.4 Å². The van der Waals surface area contributed by atoms with Crippen LogP contribution in [0.4, 0.5) is 0 Å². The highest BCUT2D eigenvalue weighted by atomic mass is 14.7. The minimum atomic E-state index is -0.588. The van der Waals surface area contributed by atoms with E-state index in [1.165, 1.54) is 33.4 Å². The zero-order valence-electron chi connectivity index (χ0n) is 22.0. The highest BCUT2D eigenvalue weighted by molar-refractivity contribution is 5.90. The maximum Gasteiger partial charge on any atom is 0.141 e. The molecule has 0 saturated heterocycles. The summed E-state index contributed by atoms with van der Waals surface area (Å²) in [6, 6.07) is 46.4. The van der Waals surface area contributed by atoms with Crippen LogP contribution in [0.25, 0.3) is 33.4 Å². The Morgan fingerprint density at radius 3 is 1.29 bits per heavy atom. The summed E-state index contributed by atoms with van der Waals surface area (Å²) in [7, 11) is 0. The van der Waals surface area contributed by atoms with Crippen LogP contribution in [0.5, 0.6) is 0 Å². The molecule has 2 aromatic heterocycles. The fraction of sp³-hybridized carbons (Fsp3) is 0.0270. The van der Waals surface area contributed by atoms with Crippen molar-refractivity contribution in [1.82, 2.24) is 9.97 Å². The van der Waals surface area contributed by atoms with Gasteiger partial charge in [0.25, 0.3) is 0 Å². The molecule has 0 amide bonds. The molecule has 190 valence electrons. The minimum absolute atomic E-state index is 0.391. The molecule has 0 unspecified atom stereocenters. The number of fused-ring (bicyclic) bond motifs is 3. The summed E-state index contributed by atoms with van der Waals surface area (Å²) < 4.78 is 0. The first-order chi connectivity index (χ1) is 20.2. The summed E-state index contributed by atoms with van der Waals surface area (Å²) in [6.45, 7) is 0. The van der Waals surface area contributed by atoms with Gasteiger partial charge in [-0.1, -0.05) is 84.9 Å². The Morgan fingerprint density at radius 1 is 0.463 bits per heavy atom. The normalized spacial score (nSPS) is 12.5. The van der Waals surface area contributed by atoms with Crippen molar-refractivity contribution in [2.75, 3.05) is 0 Å². The summed E-state index contributed by atoms with van der Waals surface area (Å²) in [6.07, 6.45) is 3.38. The minimum Gasteiger partial charge on any atom is -0.246 e. The second-order valence-corrected chi connectivity index (χ2v) is 10.1. The molecule has 4 heteroatoms. The van der Waals surface area contributed by atoms with Crippen molar-refractivity contribution in [3.05, 3.63) is 167 Å². The molecule has 0 N–H and O–H groups in total. The van der Waals surface area contributed by atoms with E-state index in [0.29, 0.717) is 11.4 Å². The standard InChI is InChI=1S/C37H22N4/c38-23-31-19-27(15-17-40-31)25-11-13-33-34-14-12-26(28-16-18-41-32(20-28)24-39)22-36(34)37(35(33)21-25,29-7-3-1-4-8-29)30-9-5-2-6-10-30/h1-22H. The molecular weight excluding hydrogens is 500 g/mol. The lowest BCUT2D eigenvalue weighted by Crippen LogP contribution is -2.28. The van der Waals surface area contributed by atoms with Gasteiger partial charge in [-0.3, -0.25) is 0 Å². The molecule has 41 heavy (non-hydrogen) atoms. The van der Waals surface area contributed by atoms with E-state index in [0.717, 1.165) is 22.3 Å². The predicted octanol–water partition coefficient (Wildman–Crippen LogP) is 7.92. The third-order valence-electron chi connectivity index (χ3n) is 7.97. The molecule has 0 atom stereocenters. The molecule has 0 radical (unpaired) electrons. The molecule has 1 aliphatic carbocycles. The molecule has 0 bridgehead atoms. The largest absolute Gasteiger partial charge is 0.246 e. The Morgan fingerprint density at radius 2 is 0.878 bits per heavy atom. The summed E-state index contributed by atoms with van der Waals surface area (Å²) >= 11 is 0. The molecule has 7 rings (SSSR count). The summed E-state index contributed by atoms with van der Waals surface area (Å²) in [5, 5.41) is 19.0. The Kier molecular flexibility index (Phi) is 5.74. The number of hydrogen-bond acceptors (Lipinski definition) is 4. The van der Waals surface area contributed by atoms with E-state index in [9.17, 15) is 10.5 Å². The van der Waals surface area contributed by atoms with Gasteiger partial charge in [-0.05, 0) is 92.0 Å². The Hall–Kier alpha value is -5.84. The van der Waals surface area contributed by atoms with Crippen LogP contribution in [0.2, 0.25) is 0 Å². The van der Waals surface area contributed by atoms with Gasteiger partial charge in [0, 0.05) is 12.4 Å². The monoisotopic (exact) mass is 522 g/mol. The van der Waals surface area contributed by atoms with Gasteiger partial charge in [-0.15, -0.1) is 0 Å². The second-order valence-electron chi connectivity index (χ2n) is 10.1. The number of rotatable bonds is 4. The quantitative estimate of drug-likeness (QED) is 0.235. The smallest absolute Gasteiger partial charge is 0.141 e. The number of hydrogen-bond donors (Lipinski definition) is 0. The average Bonchev–Trinajstić information content (AvgIpc) is 3.35. The van der Waals surface area contributed by atoms with Crippen LogP contribution in [0.1, 0.15) is 33.6 Å². The van der Waals surface area contributed by atoms with Gasteiger partial charge in [0.15, 0.2) is 0 Å². The molecule has 1 aliphatic rings. The molecular formula is C37H22N4. The lowest BCUT2D eigenvalue weighted by Gasteiger charge is -2.34. The van der Waals surface area contributed by atoms with Crippen molar-refractivity contribution in [3.63, 3.8) is 0 Å². The van der Waals surface area contributed by atoms with Gasteiger partial charge in [-0.25, -0.2) is 9.97 Å². The highest BCUT2D eigenvalue weighted by Crippen LogP contribution is 2.57. The third-order valence-corrected chi connectivity index (χ3v) is 7.97. The predicted molar refractivity (Wildman–Crippen MR) is 160 cm³/mol. The number of pyridine rings is 2. The topological polar surface area (TPSA) is 73.4 Å². The lowest BCUT2D eigenvalue weighted by molar-refractivity contribution is 0.769. The van der Waals surface area contributed by atoms with Crippen molar-refractivity contribution >= 4 is 0 Å². The van der Waals surface area contributed by atoms with Crippen LogP contribution >= 0.6 is 0 Å². The molecule has 0 fully saturated rings. The van der Waals surface area contributed by atoms with Crippen LogP contribution in [0.3, 0.4) is 0 Å². The highest BCUT2D eigenvalue weighted by Gasteiger charge is 2.46. The lowest BCUT2D eigenvalue weighted by atomic mass is 9.67. The van der Waals surface area contributed by atoms with Crippen molar-refractivity contribution in [1.29, 1.82) is 10.5 Å². The SMILES string of the molecule is N#Cc1cc(-c2ccc3c(c2)C(c2ccccc2)(c2ccccc2)c2cc(-c4ccnc(C#N)c4)ccc2-3)ccn1. The summed E-state index contributed by atoms with van der Waals surface area (Å²) in [5.41, 5.74) is 11.2. The first kappa shape index (κ1) is 24.2. The molecule has 2 heterocycles. The van der Waals surface area contributed by atoms with E-state index in [4.69, 9.17) is 0 Å². The Balaban J connectivity index is 1.56. The van der Waals surface area contributed by atoms with Gasteiger partial charge < -0.3 is 0 Å². The van der Waals surface area contributed by atoms with Crippen LogP contribution < -0.4 is 0 Å². The fourth-order valence-corrected chi connectivity index (χ4v) is 6.19. The van der Waals surface area contributed by atoms with Crippen LogP contribution in [0, 0.1) is 22.7 Å². The van der Waals surface area contributed by atoms with Crippen molar-refractivity contribution in [3.8, 4) is 45.5 Å². The van der Waals surface area contributed by atoms with Crippen molar-refractivity contribution in [2.45, 2.75) is 5.41 Å². The molecule has 0 spiro atoms. The number of aromatic nitrogens is 2. The maximum absolute atomic E-state index is 9.48. The third kappa shape index (κ3) is 3.82. The van der Waals surface area contributed by atoms with Crippen molar-refractivity contribution < 1.29 is 0 Å². The van der Waals surface area contributed by atoms with Gasteiger partial charge in [0.2, 0.25) is 0 Å². The van der Waals surface area contributed by atoms with E-state index < -0.39 is 5.41 Å². The van der Waals surface area contributed by atoms with Crippen LogP contribution in [-0.2, 0) is 5.41 Å². The molecule has 4 nitrogen and oxygen atoms in total. The molecule has 6 aromatic rings. The van der Waals surface area contributed by atoms with Gasteiger partial charge in [-0.2, -0.15) is 10.5 Å². The Bertz CT molecular complexity index is 1870. The zero-order valence-corrected chi connectivity index (χ0v) is 22.0. The summed E-state index contributed by atoms with van der Waals surface area (Å²) in [4.78, 5) is 8.35. The zero-order chi connectivity index (χ0) is 27.8. The Labute approximate surface area is 238 Å². The van der Waals surface area contributed by atoms with E-state index in [1.54, 1.807) is 12.4 Å². The number of nitriles is 2.